The predicted octanol–water partition coefficient (Wildman–Crippen LogP) is 5.47. The molecular weight excluding hydrogens is 570 g/mol. The molecule has 2 aliphatic heterocycles. The number of phenols is 2. The molecule has 2 fully saturated rings. The average molecular weight is 612 g/mol. The van der Waals surface area contributed by atoms with Crippen LogP contribution in [0.1, 0.15) is 41.7 Å². The van der Waals surface area contributed by atoms with Crippen molar-refractivity contribution >= 4 is 11.6 Å². The lowest BCUT2D eigenvalue weighted by molar-refractivity contribution is 0.0745. The fourth-order valence-corrected chi connectivity index (χ4v) is 6.31. The van der Waals surface area contributed by atoms with Crippen LogP contribution in [0.4, 0.5) is 5.69 Å². The number of ether oxygens (including phenoxy) is 1. The van der Waals surface area contributed by atoms with E-state index in [4.69, 9.17) is 9.26 Å². The first kappa shape index (κ1) is 30.5. The third kappa shape index (κ3) is 7.41. The lowest BCUT2D eigenvalue weighted by atomic mass is 9.97. The topological polar surface area (TPSA) is 115 Å². The lowest BCUT2D eigenvalue weighted by Gasteiger charge is -2.42. The van der Waals surface area contributed by atoms with Crippen molar-refractivity contribution in [3.63, 3.8) is 0 Å². The van der Waals surface area contributed by atoms with Crippen molar-refractivity contribution in [3.8, 4) is 34.3 Å². The molecule has 3 N–H and O–H groups in total. The van der Waals surface area contributed by atoms with E-state index in [0.717, 1.165) is 51.3 Å². The van der Waals surface area contributed by atoms with Crippen LogP contribution in [0.25, 0.3) is 11.3 Å². The van der Waals surface area contributed by atoms with E-state index in [1.54, 1.807) is 12.1 Å². The highest BCUT2D eigenvalue weighted by Gasteiger charge is 2.30. The summed E-state index contributed by atoms with van der Waals surface area (Å²) in [5.41, 5.74) is 2.68. The molecule has 3 aromatic carbocycles. The van der Waals surface area contributed by atoms with Gasteiger partial charge in [-0.15, -0.1) is 0 Å². The molecule has 0 atom stereocenters. The summed E-state index contributed by atoms with van der Waals surface area (Å²) in [5.74, 6) is 0.0950. The smallest absolute Gasteiger partial charge is 0.273 e. The molecule has 1 amide bonds. The van der Waals surface area contributed by atoms with Crippen molar-refractivity contribution in [1.29, 1.82) is 0 Å². The third-order valence-electron chi connectivity index (χ3n) is 8.82. The third-order valence-corrected chi connectivity index (χ3v) is 8.82. The molecule has 10 nitrogen and oxygen atoms in total. The average Bonchev–Trinajstić information content (AvgIpc) is 3.52. The number of piperidine rings is 2. The van der Waals surface area contributed by atoms with Gasteiger partial charge in [0.05, 0.1) is 0 Å². The van der Waals surface area contributed by atoms with Gasteiger partial charge < -0.3 is 34.6 Å². The van der Waals surface area contributed by atoms with Gasteiger partial charge in [-0.3, -0.25) is 9.69 Å². The Morgan fingerprint density at radius 3 is 2.36 bits per heavy atom. The molecule has 4 aromatic rings. The second kappa shape index (κ2) is 13.6. The first-order valence-corrected chi connectivity index (χ1v) is 15.6. The summed E-state index contributed by atoms with van der Waals surface area (Å²) < 4.78 is 11.5. The molecule has 236 valence electrons. The molecule has 45 heavy (non-hydrogen) atoms. The van der Waals surface area contributed by atoms with Crippen LogP contribution in [0.2, 0.25) is 0 Å². The quantitative estimate of drug-likeness (QED) is 0.227. The molecule has 0 unspecified atom stereocenters. The van der Waals surface area contributed by atoms with Gasteiger partial charge in [0.2, 0.25) is 0 Å². The van der Waals surface area contributed by atoms with E-state index in [1.807, 2.05) is 31.1 Å². The number of aromatic nitrogens is 1. The summed E-state index contributed by atoms with van der Waals surface area (Å²) >= 11 is 0. The number of carbonyl (C=O) groups excluding carboxylic acids is 1. The summed E-state index contributed by atoms with van der Waals surface area (Å²) in [6.45, 7) is 5.14. The Morgan fingerprint density at radius 1 is 0.956 bits per heavy atom. The van der Waals surface area contributed by atoms with Crippen LogP contribution in [-0.2, 0) is 6.54 Å². The molecule has 0 spiro atoms. The summed E-state index contributed by atoms with van der Waals surface area (Å²) in [5, 5.41) is 27.9. The minimum absolute atomic E-state index is 0.0539. The predicted molar refractivity (Wildman–Crippen MR) is 173 cm³/mol. The fraction of sp³-hybridized carbons (Fsp3) is 0.371. The summed E-state index contributed by atoms with van der Waals surface area (Å²) in [4.78, 5) is 20.2. The SMILES string of the molecule is CN(C)c1ccc(Oc2cc(O)cc(O)c2-c2cc(C(=O)NC3CCN(C4CCN(Cc5ccccc5)CC4)CC3)no2)cc1. The number of aromatic hydroxyl groups is 2. The van der Waals surface area contributed by atoms with E-state index in [2.05, 4.69) is 50.6 Å². The van der Waals surface area contributed by atoms with Crippen LogP contribution in [0, 0.1) is 0 Å². The van der Waals surface area contributed by atoms with Crippen LogP contribution in [-0.4, -0.2) is 83.4 Å². The van der Waals surface area contributed by atoms with Crippen LogP contribution < -0.4 is 15.0 Å². The van der Waals surface area contributed by atoms with Gasteiger partial charge in [-0.25, -0.2) is 0 Å². The minimum atomic E-state index is -0.322. The van der Waals surface area contributed by atoms with Gasteiger partial charge in [0.1, 0.15) is 28.6 Å². The largest absolute Gasteiger partial charge is 0.508 e. The summed E-state index contributed by atoms with van der Waals surface area (Å²) in [7, 11) is 3.89. The van der Waals surface area contributed by atoms with E-state index >= 15 is 0 Å². The Hall–Kier alpha value is -4.54. The molecule has 2 aliphatic rings. The van der Waals surface area contributed by atoms with Crippen molar-refractivity contribution in [1.82, 2.24) is 20.3 Å². The van der Waals surface area contributed by atoms with Crippen LogP contribution in [0.3, 0.4) is 0 Å². The molecule has 0 aliphatic carbocycles. The second-order valence-electron chi connectivity index (χ2n) is 12.2. The number of hydrogen-bond acceptors (Lipinski definition) is 9. The van der Waals surface area contributed by atoms with Crippen molar-refractivity contribution in [2.75, 3.05) is 45.2 Å². The highest BCUT2D eigenvalue weighted by Crippen LogP contribution is 2.43. The van der Waals surface area contributed by atoms with E-state index in [1.165, 1.54) is 36.6 Å². The highest BCUT2D eigenvalue weighted by molar-refractivity contribution is 5.93. The second-order valence-corrected chi connectivity index (χ2v) is 12.2. The number of amides is 1. The van der Waals surface area contributed by atoms with Gasteiger partial charge in [0.25, 0.3) is 5.91 Å². The number of likely N-dealkylation sites (tertiary alicyclic amines) is 2. The van der Waals surface area contributed by atoms with Crippen LogP contribution in [0.15, 0.2) is 77.3 Å². The fourth-order valence-electron chi connectivity index (χ4n) is 6.31. The Morgan fingerprint density at radius 2 is 1.67 bits per heavy atom. The molecule has 1 aromatic heterocycles. The highest BCUT2D eigenvalue weighted by atomic mass is 16.5. The zero-order valence-corrected chi connectivity index (χ0v) is 25.9. The Kier molecular flexibility index (Phi) is 9.23. The van der Waals surface area contributed by atoms with Crippen LogP contribution >= 0.6 is 0 Å². The van der Waals surface area contributed by atoms with Gasteiger partial charge in [0.15, 0.2) is 11.5 Å². The number of anilines is 1. The maximum atomic E-state index is 13.1. The van der Waals surface area contributed by atoms with Gasteiger partial charge in [-0.2, -0.15) is 0 Å². The van der Waals surface area contributed by atoms with Gasteiger partial charge in [0, 0.05) is 69.7 Å². The van der Waals surface area contributed by atoms with Crippen molar-refractivity contribution < 1.29 is 24.3 Å². The number of carbonyl (C=O) groups is 1. The normalized spacial score (nSPS) is 16.8. The number of phenolic OH excluding ortho intramolecular Hbond substituents is 2. The molecule has 0 bridgehead atoms. The Bertz CT molecular complexity index is 1570. The summed E-state index contributed by atoms with van der Waals surface area (Å²) in [6.07, 6.45) is 4.10. The molecular formula is C35H41N5O5. The minimum Gasteiger partial charge on any atom is -0.508 e. The van der Waals surface area contributed by atoms with Gasteiger partial charge in [-0.1, -0.05) is 35.5 Å². The number of hydrogen-bond donors (Lipinski definition) is 3. The van der Waals surface area contributed by atoms with Crippen LogP contribution in [0.5, 0.6) is 23.0 Å². The Balaban J connectivity index is 1.03. The lowest BCUT2D eigenvalue weighted by Crippen LogP contribution is -2.51. The van der Waals surface area contributed by atoms with Crippen molar-refractivity contribution in [2.45, 2.75) is 44.3 Å². The molecule has 10 heteroatoms. The Labute approximate surface area is 263 Å². The number of benzene rings is 3. The number of nitrogens with zero attached hydrogens (tertiary/aromatic N) is 4. The molecule has 3 heterocycles. The molecule has 0 saturated carbocycles. The molecule has 6 rings (SSSR count). The van der Waals surface area contributed by atoms with E-state index in [-0.39, 0.29) is 46.2 Å². The van der Waals surface area contributed by atoms with Crippen molar-refractivity contribution in [3.05, 3.63) is 84.1 Å². The molecule has 0 radical (unpaired) electrons. The number of rotatable bonds is 9. The van der Waals surface area contributed by atoms with Gasteiger partial charge >= 0.3 is 0 Å². The monoisotopic (exact) mass is 611 g/mol. The van der Waals surface area contributed by atoms with E-state index < -0.39 is 0 Å². The molecule has 2 saturated heterocycles. The first-order chi connectivity index (χ1) is 21.8. The standard InChI is InChI=1S/C35H41N5O5/c1-38(2)26-8-10-29(11-9-26)44-32-21-28(41)20-31(42)34(32)33-22-30(37-45-33)35(43)36-25-12-18-40(19-13-25)27-14-16-39(17-15-27)23-24-6-4-3-5-7-24/h3-11,20-22,25,27,41-42H,12-19,23H2,1-2H3,(H,36,43). The number of nitrogens with one attached hydrogen (secondary N) is 1. The zero-order chi connectivity index (χ0) is 31.3. The summed E-state index contributed by atoms with van der Waals surface area (Å²) in [6, 6.07) is 22.7. The maximum Gasteiger partial charge on any atom is 0.273 e. The van der Waals surface area contributed by atoms with E-state index in [9.17, 15) is 15.0 Å². The van der Waals surface area contributed by atoms with Gasteiger partial charge in [-0.05, 0) is 68.6 Å². The zero-order valence-electron chi connectivity index (χ0n) is 25.9. The first-order valence-electron chi connectivity index (χ1n) is 15.6. The maximum absolute atomic E-state index is 13.1. The van der Waals surface area contributed by atoms with E-state index in [0.29, 0.717) is 11.8 Å². The van der Waals surface area contributed by atoms with Crippen molar-refractivity contribution in [2.24, 2.45) is 0 Å².